The van der Waals surface area contributed by atoms with Crippen LogP contribution in [0, 0.1) is 18.3 Å². The van der Waals surface area contributed by atoms with Gasteiger partial charge in [-0.05, 0) is 44.5 Å². The highest BCUT2D eigenvalue weighted by Crippen LogP contribution is 2.23. The molecule has 0 atom stereocenters. The van der Waals surface area contributed by atoms with Gasteiger partial charge in [-0.3, -0.25) is 0 Å². The summed E-state index contributed by atoms with van der Waals surface area (Å²) in [6, 6.07) is 6.71. The van der Waals surface area contributed by atoms with Crippen molar-refractivity contribution in [3.05, 3.63) is 29.3 Å². The normalized spacial score (nSPS) is 19.5. The minimum atomic E-state index is -3.50. The highest BCUT2D eigenvalue weighted by atomic mass is 32.2. The molecule has 0 aromatic heterocycles. The zero-order valence-electron chi connectivity index (χ0n) is 12.0. The summed E-state index contributed by atoms with van der Waals surface area (Å²) in [7, 11) is -3.50. The third kappa shape index (κ3) is 2.85. The zero-order valence-corrected chi connectivity index (χ0v) is 12.8. The van der Waals surface area contributed by atoms with Gasteiger partial charge in [-0.2, -0.15) is 9.57 Å². The lowest BCUT2D eigenvalue weighted by Crippen LogP contribution is -2.58. The monoisotopic (exact) mass is 293 g/mol. The van der Waals surface area contributed by atoms with E-state index >= 15 is 0 Å². The van der Waals surface area contributed by atoms with Crippen molar-refractivity contribution in [2.75, 3.05) is 19.6 Å². The van der Waals surface area contributed by atoms with Crippen molar-refractivity contribution in [3.63, 3.8) is 0 Å². The van der Waals surface area contributed by atoms with Crippen molar-refractivity contribution in [2.45, 2.75) is 31.2 Å². The molecule has 1 aromatic carbocycles. The lowest BCUT2D eigenvalue weighted by Gasteiger charge is -2.38. The number of rotatable bonds is 2. The summed E-state index contributed by atoms with van der Waals surface area (Å²) < 4.78 is 26.9. The number of hydrogen-bond donors (Lipinski definition) is 1. The van der Waals surface area contributed by atoms with E-state index in [1.807, 2.05) is 19.9 Å². The quantitative estimate of drug-likeness (QED) is 0.890. The second kappa shape index (κ2) is 5.17. The van der Waals surface area contributed by atoms with E-state index in [2.05, 4.69) is 5.32 Å². The summed E-state index contributed by atoms with van der Waals surface area (Å²) in [5, 5.41) is 12.2. The van der Waals surface area contributed by atoms with E-state index in [9.17, 15) is 8.42 Å². The van der Waals surface area contributed by atoms with Crippen LogP contribution in [0.2, 0.25) is 0 Å². The molecule has 0 amide bonds. The first-order valence-corrected chi connectivity index (χ1v) is 7.96. The van der Waals surface area contributed by atoms with E-state index in [0.29, 0.717) is 30.8 Å². The van der Waals surface area contributed by atoms with Crippen molar-refractivity contribution in [3.8, 4) is 6.07 Å². The van der Waals surface area contributed by atoms with Gasteiger partial charge >= 0.3 is 0 Å². The predicted octanol–water partition coefficient (Wildman–Crippen LogP) is 1.24. The Hall–Kier alpha value is -1.42. The molecular weight excluding hydrogens is 274 g/mol. The van der Waals surface area contributed by atoms with E-state index in [1.54, 1.807) is 19.1 Å². The molecule has 0 spiro atoms. The van der Waals surface area contributed by atoms with Crippen LogP contribution in [-0.4, -0.2) is 37.9 Å². The van der Waals surface area contributed by atoms with E-state index in [4.69, 9.17) is 5.26 Å². The first-order valence-electron chi connectivity index (χ1n) is 6.52. The van der Waals surface area contributed by atoms with Crippen LogP contribution < -0.4 is 5.32 Å². The number of nitrogens with zero attached hydrogens (tertiary/aromatic N) is 2. The van der Waals surface area contributed by atoms with Crippen LogP contribution in [0.25, 0.3) is 0 Å². The summed E-state index contributed by atoms with van der Waals surface area (Å²) in [4.78, 5) is 0.286. The summed E-state index contributed by atoms with van der Waals surface area (Å²) in [6.07, 6.45) is 0. The maximum absolute atomic E-state index is 12.7. The van der Waals surface area contributed by atoms with Crippen molar-refractivity contribution in [2.24, 2.45) is 0 Å². The second-order valence-electron chi connectivity index (χ2n) is 5.74. The summed E-state index contributed by atoms with van der Waals surface area (Å²) >= 11 is 0. The average molecular weight is 293 g/mol. The van der Waals surface area contributed by atoms with Crippen LogP contribution in [0.4, 0.5) is 0 Å². The van der Waals surface area contributed by atoms with Crippen LogP contribution in [0.5, 0.6) is 0 Å². The Morgan fingerprint density at radius 1 is 1.40 bits per heavy atom. The third-order valence-electron chi connectivity index (χ3n) is 3.46. The Morgan fingerprint density at radius 2 is 2.10 bits per heavy atom. The third-order valence-corrected chi connectivity index (χ3v) is 5.46. The fraction of sp³-hybridized carbons (Fsp3) is 0.500. The lowest BCUT2D eigenvalue weighted by atomic mass is 10.0. The van der Waals surface area contributed by atoms with Gasteiger partial charge in [0.2, 0.25) is 10.0 Å². The molecule has 108 valence electrons. The number of sulfonamides is 1. The fourth-order valence-corrected chi connectivity index (χ4v) is 4.26. The number of aryl methyl sites for hydroxylation is 1. The van der Waals surface area contributed by atoms with Gasteiger partial charge in [0, 0.05) is 25.2 Å². The maximum Gasteiger partial charge on any atom is 0.243 e. The Labute approximate surface area is 120 Å². The largest absolute Gasteiger partial charge is 0.309 e. The molecule has 0 saturated carbocycles. The molecule has 1 saturated heterocycles. The molecule has 1 aliphatic rings. The standard InChI is InChI=1S/C14H19N3O2S/c1-11-8-12(9-15)4-5-13(11)20(18,19)17-7-6-16-14(2,3)10-17/h4-5,8,16H,6-7,10H2,1-3H3. The Bertz CT molecular complexity index is 659. The van der Waals surface area contributed by atoms with Crippen LogP contribution in [-0.2, 0) is 10.0 Å². The topological polar surface area (TPSA) is 73.2 Å². The van der Waals surface area contributed by atoms with Crippen LogP contribution in [0.3, 0.4) is 0 Å². The maximum atomic E-state index is 12.7. The highest BCUT2D eigenvalue weighted by molar-refractivity contribution is 7.89. The molecule has 0 unspecified atom stereocenters. The lowest BCUT2D eigenvalue weighted by molar-refractivity contribution is 0.233. The molecule has 1 N–H and O–H groups in total. The van der Waals surface area contributed by atoms with Crippen LogP contribution in [0.1, 0.15) is 25.0 Å². The van der Waals surface area contributed by atoms with Gasteiger partial charge in [-0.15, -0.1) is 0 Å². The summed E-state index contributed by atoms with van der Waals surface area (Å²) in [5.74, 6) is 0. The van der Waals surface area contributed by atoms with E-state index < -0.39 is 10.0 Å². The summed E-state index contributed by atoms with van der Waals surface area (Å²) in [6.45, 7) is 7.24. The van der Waals surface area contributed by atoms with E-state index in [1.165, 1.54) is 10.4 Å². The zero-order chi connectivity index (χ0) is 15.0. The van der Waals surface area contributed by atoms with Gasteiger partial charge in [0.25, 0.3) is 0 Å². The number of hydrogen-bond acceptors (Lipinski definition) is 4. The molecule has 1 heterocycles. The van der Waals surface area contributed by atoms with Gasteiger partial charge < -0.3 is 5.32 Å². The SMILES string of the molecule is Cc1cc(C#N)ccc1S(=O)(=O)N1CCNC(C)(C)C1. The summed E-state index contributed by atoms with van der Waals surface area (Å²) in [5.41, 5.74) is 0.855. The van der Waals surface area contributed by atoms with Gasteiger partial charge in [0.15, 0.2) is 0 Å². The van der Waals surface area contributed by atoms with Crippen molar-refractivity contribution < 1.29 is 8.42 Å². The molecule has 6 heteroatoms. The molecular formula is C14H19N3O2S. The first kappa shape index (κ1) is 15.0. The van der Waals surface area contributed by atoms with Gasteiger partial charge in [-0.25, -0.2) is 8.42 Å². The average Bonchev–Trinajstić information content (AvgIpc) is 2.37. The number of nitriles is 1. The fourth-order valence-electron chi connectivity index (χ4n) is 2.45. The molecule has 1 fully saturated rings. The predicted molar refractivity (Wildman–Crippen MR) is 76.7 cm³/mol. The number of piperazine rings is 1. The molecule has 1 aromatic rings. The van der Waals surface area contributed by atoms with Crippen molar-refractivity contribution >= 4 is 10.0 Å². The molecule has 0 radical (unpaired) electrons. The van der Waals surface area contributed by atoms with Crippen LogP contribution in [0.15, 0.2) is 23.1 Å². The number of nitrogens with one attached hydrogen (secondary N) is 1. The van der Waals surface area contributed by atoms with E-state index in [-0.39, 0.29) is 10.4 Å². The second-order valence-corrected chi connectivity index (χ2v) is 7.65. The minimum absolute atomic E-state index is 0.230. The molecule has 2 rings (SSSR count). The smallest absolute Gasteiger partial charge is 0.243 e. The molecule has 5 nitrogen and oxygen atoms in total. The van der Waals surface area contributed by atoms with Gasteiger partial charge in [-0.1, -0.05) is 0 Å². The molecule has 0 aliphatic carbocycles. The molecule has 1 aliphatic heterocycles. The van der Waals surface area contributed by atoms with Gasteiger partial charge in [0.1, 0.15) is 0 Å². The van der Waals surface area contributed by atoms with Gasteiger partial charge in [0.05, 0.1) is 16.5 Å². The number of benzene rings is 1. The van der Waals surface area contributed by atoms with Crippen molar-refractivity contribution in [1.29, 1.82) is 5.26 Å². The van der Waals surface area contributed by atoms with E-state index in [0.717, 1.165) is 0 Å². The minimum Gasteiger partial charge on any atom is -0.309 e. The van der Waals surface area contributed by atoms with Crippen LogP contribution >= 0.6 is 0 Å². The Morgan fingerprint density at radius 3 is 2.65 bits per heavy atom. The van der Waals surface area contributed by atoms with Crippen molar-refractivity contribution in [1.82, 2.24) is 9.62 Å². The Kier molecular flexibility index (Phi) is 3.87. The Balaban J connectivity index is 2.38. The molecule has 0 bridgehead atoms. The highest BCUT2D eigenvalue weighted by Gasteiger charge is 2.34. The first-order chi connectivity index (χ1) is 9.26. The molecule has 20 heavy (non-hydrogen) atoms.